The number of hydrogen-bond acceptors (Lipinski definition) is 2. The topological polar surface area (TPSA) is 52.6 Å². The molecule has 1 aliphatic heterocycles. The number of benzene rings is 1. The number of carbonyl (C=O) groups excluding carboxylic acids is 1. The number of nitrogens with zero attached hydrogens (tertiary/aromatic N) is 1. The second-order valence-corrected chi connectivity index (χ2v) is 6.48. The summed E-state index contributed by atoms with van der Waals surface area (Å²) in [5, 5.41) is 12.7. The number of rotatable bonds is 2. The minimum atomic E-state index is -0.969. The highest BCUT2D eigenvalue weighted by atomic mass is 79.9. The molecule has 0 saturated carbocycles. The van der Waals surface area contributed by atoms with E-state index in [4.69, 9.17) is 0 Å². The molecule has 1 aliphatic rings. The Balaban J connectivity index is 2.14. The van der Waals surface area contributed by atoms with Crippen LogP contribution in [0, 0.1) is 5.82 Å². The van der Waals surface area contributed by atoms with E-state index < -0.39 is 11.4 Å². The van der Waals surface area contributed by atoms with Gasteiger partial charge in [-0.2, -0.15) is 0 Å². The van der Waals surface area contributed by atoms with Gasteiger partial charge in [-0.3, -0.25) is 0 Å². The van der Waals surface area contributed by atoms with Crippen molar-refractivity contribution >= 4 is 27.6 Å². The summed E-state index contributed by atoms with van der Waals surface area (Å²) < 4.78 is 14.3. The summed E-state index contributed by atoms with van der Waals surface area (Å²) in [6.07, 6.45) is 1.58. The van der Waals surface area contributed by atoms with Gasteiger partial charge in [0.15, 0.2) is 0 Å². The van der Waals surface area contributed by atoms with Gasteiger partial charge in [0.05, 0.1) is 17.3 Å². The molecule has 110 valence electrons. The third-order valence-electron chi connectivity index (χ3n) is 3.50. The molecule has 1 fully saturated rings. The van der Waals surface area contributed by atoms with E-state index >= 15 is 0 Å². The summed E-state index contributed by atoms with van der Waals surface area (Å²) in [7, 11) is 0. The Morgan fingerprint density at radius 3 is 2.90 bits per heavy atom. The fourth-order valence-electron chi connectivity index (χ4n) is 2.52. The summed E-state index contributed by atoms with van der Waals surface area (Å²) in [5.74, 6) is -0.486. The maximum Gasteiger partial charge on any atom is 0.322 e. The van der Waals surface area contributed by atoms with Gasteiger partial charge in [0.1, 0.15) is 5.82 Å². The van der Waals surface area contributed by atoms with Crippen LogP contribution >= 0.6 is 15.9 Å². The van der Waals surface area contributed by atoms with E-state index in [1.807, 2.05) is 0 Å². The van der Waals surface area contributed by atoms with Crippen LogP contribution in [-0.4, -0.2) is 34.2 Å². The average Bonchev–Trinajstić information content (AvgIpc) is 2.82. The van der Waals surface area contributed by atoms with Crippen molar-refractivity contribution in [2.24, 2.45) is 0 Å². The van der Waals surface area contributed by atoms with Crippen LogP contribution in [0.4, 0.5) is 14.9 Å². The number of halogens is 2. The van der Waals surface area contributed by atoms with Gasteiger partial charge in [-0.15, -0.1) is 0 Å². The van der Waals surface area contributed by atoms with E-state index in [1.54, 1.807) is 24.8 Å². The van der Waals surface area contributed by atoms with Gasteiger partial charge < -0.3 is 15.3 Å². The maximum atomic E-state index is 13.6. The lowest BCUT2D eigenvalue weighted by atomic mass is 9.97. The number of amides is 2. The van der Waals surface area contributed by atoms with Crippen molar-refractivity contribution in [3.05, 3.63) is 28.5 Å². The Morgan fingerprint density at radius 2 is 2.25 bits per heavy atom. The number of anilines is 1. The zero-order chi connectivity index (χ0) is 14.9. The molecule has 1 saturated heterocycles. The Bertz CT molecular complexity index is 516. The molecule has 1 aromatic rings. The molecule has 0 radical (unpaired) electrons. The molecule has 2 N–H and O–H groups in total. The molecule has 6 heteroatoms. The fraction of sp³-hybridized carbons (Fsp3) is 0.500. The predicted molar refractivity (Wildman–Crippen MR) is 79.1 cm³/mol. The van der Waals surface area contributed by atoms with Crippen LogP contribution in [0.5, 0.6) is 0 Å². The summed E-state index contributed by atoms with van der Waals surface area (Å²) in [5.41, 5.74) is -0.838. The Labute approximate surface area is 126 Å². The van der Waals surface area contributed by atoms with Crippen molar-refractivity contribution in [2.75, 3.05) is 11.9 Å². The maximum absolute atomic E-state index is 13.6. The Kier molecular flexibility index (Phi) is 4.34. The van der Waals surface area contributed by atoms with Crippen molar-refractivity contribution in [1.82, 2.24) is 4.90 Å². The van der Waals surface area contributed by atoms with Crippen molar-refractivity contribution < 1.29 is 14.3 Å². The zero-order valence-electron chi connectivity index (χ0n) is 11.5. The zero-order valence-corrected chi connectivity index (χ0v) is 13.1. The molecule has 2 rings (SSSR count). The Morgan fingerprint density at radius 1 is 1.55 bits per heavy atom. The molecule has 0 bridgehead atoms. The highest BCUT2D eigenvalue weighted by Crippen LogP contribution is 2.28. The molecule has 2 amide bonds. The summed E-state index contributed by atoms with van der Waals surface area (Å²) in [4.78, 5) is 13.8. The van der Waals surface area contributed by atoms with Gasteiger partial charge in [-0.25, -0.2) is 9.18 Å². The molecule has 4 nitrogen and oxygen atoms in total. The second kappa shape index (κ2) is 5.69. The van der Waals surface area contributed by atoms with Gasteiger partial charge in [0.25, 0.3) is 0 Å². The number of hydrogen-bond donors (Lipinski definition) is 2. The first kappa shape index (κ1) is 15.3. The largest absolute Gasteiger partial charge is 0.388 e. The van der Waals surface area contributed by atoms with Gasteiger partial charge in [0, 0.05) is 11.0 Å². The number of nitrogens with one attached hydrogen (secondary N) is 1. The SMILES string of the molecule is CC(C)(O)C1CCCN1C(=O)Nc1cc(Br)ccc1F. The minimum Gasteiger partial charge on any atom is -0.388 e. The molecule has 1 heterocycles. The number of urea groups is 1. The van der Waals surface area contributed by atoms with E-state index in [2.05, 4.69) is 21.2 Å². The first-order valence-corrected chi connectivity index (χ1v) is 7.33. The lowest BCUT2D eigenvalue weighted by molar-refractivity contribution is 0.0117. The van der Waals surface area contributed by atoms with Crippen LogP contribution in [0.25, 0.3) is 0 Å². The molecule has 1 aromatic carbocycles. The highest BCUT2D eigenvalue weighted by molar-refractivity contribution is 9.10. The average molecular weight is 345 g/mol. The quantitative estimate of drug-likeness (QED) is 0.864. The number of carbonyl (C=O) groups is 1. The molecule has 0 aromatic heterocycles. The normalized spacial score (nSPS) is 19.2. The van der Waals surface area contributed by atoms with E-state index in [-0.39, 0.29) is 17.8 Å². The van der Waals surface area contributed by atoms with Crippen molar-refractivity contribution in [1.29, 1.82) is 0 Å². The van der Waals surface area contributed by atoms with Gasteiger partial charge in [-0.05, 0) is 44.9 Å². The molecule has 20 heavy (non-hydrogen) atoms. The predicted octanol–water partition coefficient (Wildman–Crippen LogP) is 3.36. The number of aliphatic hydroxyl groups is 1. The summed E-state index contributed by atoms with van der Waals surface area (Å²) in [6, 6.07) is 3.74. The third kappa shape index (κ3) is 3.30. The first-order valence-electron chi connectivity index (χ1n) is 6.54. The smallest absolute Gasteiger partial charge is 0.322 e. The lowest BCUT2D eigenvalue weighted by Gasteiger charge is -2.33. The summed E-state index contributed by atoms with van der Waals surface area (Å²) >= 11 is 3.24. The monoisotopic (exact) mass is 344 g/mol. The van der Waals surface area contributed by atoms with Gasteiger partial charge in [0.2, 0.25) is 0 Å². The molecule has 1 atom stereocenters. The van der Waals surface area contributed by atoms with E-state index in [0.717, 1.165) is 12.8 Å². The van der Waals surface area contributed by atoms with E-state index in [9.17, 15) is 14.3 Å². The molecular weight excluding hydrogens is 327 g/mol. The molecule has 1 unspecified atom stereocenters. The molecular formula is C14H18BrFN2O2. The first-order chi connectivity index (χ1) is 9.29. The molecule has 0 spiro atoms. The number of likely N-dealkylation sites (tertiary alicyclic amines) is 1. The minimum absolute atomic E-state index is 0.130. The Hall–Kier alpha value is -1.14. The standard InChI is InChI=1S/C14H18BrFN2O2/c1-14(2,20)12-4-3-7-18(12)13(19)17-11-8-9(15)5-6-10(11)16/h5-6,8,12,20H,3-4,7H2,1-2H3,(H,17,19). The van der Waals surface area contributed by atoms with Gasteiger partial charge >= 0.3 is 6.03 Å². The second-order valence-electron chi connectivity index (χ2n) is 5.56. The van der Waals surface area contributed by atoms with Crippen molar-refractivity contribution in [3.63, 3.8) is 0 Å². The van der Waals surface area contributed by atoms with Crippen LogP contribution in [0.1, 0.15) is 26.7 Å². The summed E-state index contributed by atoms with van der Waals surface area (Å²) in [6.45, 7) is 3.93. The van der Waals surface area contributed by atoms with Crippen LogP contribution in [0.2, 0.25) is 0 Å². The highest BCUT2D eigenvalue weighted by Gasteiger charge is 2.38. The van der Waals surface area contributed by atoms with Crippen molar-refractivity contribution in [3.8, 4) is 0 Å². The van der Waals surface area contributed by atoms with Crippen molar-refractivity contribution in [2.45, 2.75) is 38.3 Å². The van der Waals surface area contributed by atoms with E-state index in [1.165, 1.54) is 12.1 Å². The molecule has 0 aliphatic carbocycles. The van der Waals surface area contributed by atoms with Crippen LogP contribution in [0.15, 0.2) is 22.7 Å². The van der Waals surface area contributed by atoms with E-state index in [0.29, 0.717) is 11.0 Å². The third-order valence-corrected chi connectivity index (χ3v) is 3.99. The van der Waals surface area contributed by atoms with Crippen LogP contribution in [0.3, 0.4) is 0 Å². The lowest BCUT2D eigenvalue weighted by Crippen LogP contribution is -2.49. The fourth-order valence-corrected chi connectivity index (χ4v) is 2.89. The van der Waals surface area contributed by atoms with Crippen LogP contribution < -0.4 is 5.32 Å². The van der Waals surface area contributed by atoms with Crippen LogP contribution in [-0.2, 0) is 0 Å². The van der Waals surface area contributed by atoms with Gasteiger partial charge in [-0.1, -0.05) is 15.9 Å².